The van der Waals surface area contributed by atoms with Gasteiger partial charge >= 0.3 is 0 Å². The fraction of sp³-hybridized carbons (Fsp3) is 0.625. The number of hydrogen-bond donors (Lipinski definition) is 1. The average Bonchev–Trinajstić information content (AvgIpc) is 2.44. The smallest absolute Gasteiger partial charge is 0.165 e. The van der Waals surface area contributed by atoms with E-state index in [2.05, 4.69) is 41.2 Å². The van der Waals surface area contributed by atoms with Crippen molar-refractivity contribution in [3.8, 4) is 11.5 Å². The Bertz CT molecular complexity index is 442. The molecule has 1 aromatic carbocycles. The van der Waals surface area contributed by atoms with Crippen LogP contribution in [0.3, 0.4) is 0 Å². The van der Waals surface area contributed by atoms with Crippen molar-refractivity contribution in [1.29, 1.82) is 0 Å². The third-order valence-electron chi connectivity index (χ3n) is 3.69. The van der Waals surface area contributed by atoms with Gasteiger partial charge in [-0.25, -0.2) is 0 Å². The number of benzene rings is 1. The third kappa shape index (κ3) is 3.89. The second-order valence-electron chi connectivity index (χ2n) is 5.62. The van der Waals surface area contributed by atoms with E-state index in [0.29, 0.717) is 5.92 Å². The topological polar surface area (TPSA) is 30.5 Å². The molecule has 112 valence electrons. The number of piperidine rings is 1. The zero-order valence-electron chi connectivity index (χ0n) is 12.5. The van der Waals surface area contributed by atoms with Crippen molar-refractivity contribution >= 4 is 15.9 Å². The summed E-state index contributed by atoms with van der Waals surface area (Å²) in [5.74, 6) is 2.44. The number of ether oxygens (including phenoxy) is 2. The van der Waals surface area contributed by atoms with Crippen molar-refractivity contribution in [3.63, 3.8) is 0 Å². The summed E-state index contributed by atoms with van der Waals surface area (Å²) in [6.45, 7) is 6.34. The van der Waals surface area contributed by atoms with E-state index >= 15 is 0 Å². The fourth-order valence-corrected chi connectivity index (χ4v) is 3.15. The Morgan fingerprint density at radius 3 is 2.60 bits per heavy atom. The fourth-order valence-electron chi connectivity index (χ4n) is 2.67. The number of halogens is 1. The van der Waals surface area contributed by atoms with Gasteiger partial charge in [-0.15, -0.1) is 0 Å². The lowest BCUT2D eigenvalue weighted by atomic mass is 9.90. The maximum Gasteiger partial charge on any atom is 0.165 e. The van der Waals surface area contributed by atoms with Crippen LogP contribution in [0, 0.1) is 5.92 Å². The maximum absolute atomic E-state index is 6.02. The molecule has 1 aromatic rings. The van der Waals surface area contributed by atoms with Crippen LogP contribution in [0.25, 0.3) is 0 Å². The largest absolute Gasteiger partial charge is 0.493 e. The van der Waals surface area contributed by atoms with Crippen LogP contribution in [0.1, 0.15) is 32.3 Å². The highest BCUT2D eigenvalue weighted by atomic mass is 79.9. The summed E-state index contributed by atoms with van der Waals surface area (Å²) in [6.07, 6.45) is 3.64. The van der Waals surface area contributed by atoms with Crippen LogP contribution in [0.4, 0.5) is 0 Å². The Labute approximate surface area is 130 Å². The van der Waals surface area contributed by atoms with Gasteiger partial charge in [0.05, 0.1) is 13.2 Å². The lowest BCUT2D eigenvalue weighted by Gasteiger charge is -2.25. The van der Waals surface area contributed by atoms with Crippen LogP contribution in [0.2, 0.25) is 0 Å². The summed E-state index contributed by atoms with van der Waals surface area (Å²) < 4.78 is 12.6. The van der Waals surface area contributed by atoms with E-state index in [1.807, 2.05) is 6.07 Å². The van der Waals surface area contributed by atoms with Gasteiger partial charge in [-0.1, -0.05) is 15.9 Å². The quantitative estimate of drug-likeness (QED) is 0.883. The highest BCUT2D eigenvalue weighted by Gasteiger charge is 2.21. The summed E-state index contributed by atoms with van der Waals surface area (Å²) >= 11 is 3.68. The van der Waals surface area contributed by atoms with Gasteiger partial charge in [-0.2, -0.15) is 0 Å². The van der Waals surface area contributed by atoms with Gasteiger partial charge in [-0.3, -0.25) is 0 Å². The summed E-state index contributed by atoms with van der Waals surface area (Å²) in [6, 6.07) is 4.02. The second-order valence-corrected chi connectivity index (χ2v) is 6.48. The molecule has 4 heteroatoms. The molecule has 1 saturated heterocycles. The first-order chi connectivity index (χ1) is 9.61. The van der Waals surface area contributed by atoms with E-state index in [1.165, 1.54) is 18.4 Å². The molecule has 0 amide bonds. The van der Waals surface area contributed by atoms with Crippen LogP contribution in [-0.4, -0.2) is 26.3 Å². The Morgan fingerprint density at radius 2 is 2.00 bits per heavy atom. The molecule has 0 radical (unpaired) electrons. The van der Waals surface area contributed by atoms with E-state index in [0.717, 1.165) is 35.5 Å². The molecule has 0 bridgehead atoms. The molecule has 0 saturated carbocycles. The van der Waals surface area contributed by atoms with E-state index in [-0.39, 0.29) is 6.10 Å². The van der Waals surface area contributed by atoms with Gasteiger partial charge < -0.3 is 14.8 Å². The second kappa shape index (κ2) is 7.32. The molecule has 0 spiro atoms. The van der Waals surface area contributed by atoms with Crippen molar-refractivity contribution in [3.05, 3.63) is 22.2 Å². The molecule has 3 nitrogen and oxygen atoms in total. The normalized spacial score (nSPS) is 16.4. The molecule has 1 heterocycles. The van der Waals surface area contributed by atoms with E-state index in [9.17, 15) is 0 Å². The Morgan fingerprint density at radius 1 is 1.30 bits per heavy atom. The Hall–Kier alpha value is -0.740. The molecular formula is C16H24BrNO2. The maximum atomic E-state index is 6.02. The van der Waals surface area contributed by atoms with Gasteiger partial charge in [0.15, 0.2) is 11.5 Å². The number of hydrogen-bond acceptors (Lipinski definition) is 3. The van der Waals surface area contributed by atoms with Crippen molar-refractivity contribution in [2.75, 3.05) is 20.2 Å². The molecule has 0 aliphatic carbocycles. The summed E-state index contributed by atoms with van der Waals surface area (Å²) in [5.41, 5.74) is 1.24. The number of nitrogens with one attached hydrogen (secondary N) is 1. The molecule has 2 rings (SSSR count). The highest BCUT2D eigenvalue weighted by Crippen LogP contribution is 2.39. The standard InChI is InChI=1S/C16H24BrNO2/c1-11(2)20-16-13(10-12-6-8-18-9-7-12)14(17)4-5-15(16)19-3/h4-5,11-12,18H,6-10H2,1-3H3. The van der Waals surface area contributed by atoms with Gasteiger partial charge in [0.1, 0.15) is 0 Å². The van der Waals surface area contributed by atoms with E-state index < -0.39 is 0 Å². The molecule has 0 unspecified atom stereocenters. The van der Waals surface area contributed by atoms with Crippen molar-refractivity contribution in [2.45, 2.75) is 39.2 Å². The predicted octanol–water partition coefficient (Wildman–Crippen LogP) is 3.79. The van der Waals surface area contributed by atoms with Crippen LogP contribution in [-0.2, 0) is 6.42 Å². The SMILES string of the molecule is COc1ccc(Br)c(CC2CCNCC2)c1OC(C)C. The molecule has 20 heavy (non-hydrogen) atoms. The van der Waals surface area contributed by atoms with E-state index in [1.54, 1.807) is 7.11 Å². The summed E-state index contributed by atoms with van der Waals surface area (Å²) in [7, 11) is 1.70. The van der Waals surface area contributed by atoms with Gasteiger partial charge in [0, 0.05) is 10.0 Å². The van der Waals surface area contributed by atoms with E-state index in [4.69, 9.17) is 9.47 Å². The first-order valence-electron chi connectivity index (χ1n) is 7.34. The first-order valence-corrected chi connectivity index (χ1v) is 8.13. The molecule has 0 aromatic heterocycles. The Kier molecular flexibility index (Phi) is 5.73. The lowest BCUT2D eigenvalue weighted by molar-refractivity contribution is 0.225. The first kappa shape index (κ1) is 15.6. The predicted molar refractivity (Wildman–Crippen MR) is 85.8 cm³/mol. The minimum absolute atomic E-state index is 0.143. The Balaban J connectivity index is 2.27. The lowest BCUT2D eigenvalue weighted by Crippen LogP contribution is -2.28. The number of methoxy groups -OCH3 is 1. The van der Waals surface area contributed by atoms with Gasteiger partial charge in [0.2, 0.25) is 0 Å². The van der Waals surface area contributed by atoms with Crippen molar-refractivity contribution in [2.24, 2.45) is 5.92 Å². The van der Waals surface area contributed by atoms with Crippen LogP contribution < -0.4 is 14.8 Å². The van der Waals surface area contributed by atoms with Crippen molar-refractivity contribution < 1.29 is 9.47 Å². The molecule has 1 aliphatic rings. The molecule has 1 fully saturated rings. The molecular weight excluding hydrogens is 318 g/mol. The zero-order valence-corrected chi connectivity index (χ0v) is 14.1. The zero-order chi connectivity index (χ0) is 14.5. The van der Waals surface area contributed by atoms with Crippen LogP contribution in [0.5, 0.6) is 11.5 Å². The van der Waals surface area contributed by atoms with Gasteiger partial charge in [0.25, 0.3) is 0 Å². The van der Waals surface area contributed by atoms with Crippen molar-refractivity contribution in [1.82, 2.24) is 5.32 Å². The minimum Gasteiger partial charge on any atom is -0.493 e. The highest BCUT2D eigenvalue weighted by molar-refractivity contribution is 9.10. The van der Waals surface area contributed by atoms with Crippen LogP contribution >= 0.6 is 15.9 Å². The third-order valence-corrected chi connectivity index (χ3v) is 4.44. The summed E-state index contributed by atoms with van der Waals surface area (Å²) in [5, 5.41) is 3.42. The minimum atomic E-state index is 0.143. The monoisotopic (exact) mass is 341 g/mol. The average molecular weight is 342 g/mol. The van der Waals surface area contributed by atoms with Crippen LogP contribution in [0.15, 0.2) is 16.6 Å². The molecule has 1 N–H and O–H groups in total. The summed E-state index contributed by atoms with van der Waals surface area (Å²) in [4.78, 5) is 0. The number of rotatable bonds is 5. The molecule has 0 atom stereocenters. The van der Waals surface area contributed by atoms with Gasteiger partial charge in [-0.05, 0) is 64.3 Å². The molecule has 1 aliphatic heterocycles.